The molecule has 0 aliphatic heterocycles. The molecule has 0 aliphatic carbocycles. The second-order valence-electron chi connectivity index (χ2n) is 7.47. The van der Waals surface area contributed by atoms with Gasteiger partial charge in [-0.15, -0.1) is 0 Å². The second kappa shape index (κ2) is 9.84. The number of hydrogen-bond acceptors (Lipinski definition) is 6. The SMILES string of the molecule is COC(=O)[C@@H](C)[C@@H](c1ccc(F)cc1)C(S(=O)(=O)c1ccccc1)S(=O)(=O)c1ccccc1. The van der Waals surface area contributed by atoms with Crippen molar-refractivity contribution in [3.63, 3.8) is 0 Å². The highest BCUT2D eigenvalue weighted by atomic mass is 32.3. The fraction of sp³-hybridized carbons (Fsp3) is 0.208. The molecule has 33 heavy (non-hydrogen) atoms. The van der Waals surface area contributed by atoms with E-state index in [0.29, 0.717) is 0 Å². The predicted octanol–water partition coefficient (Wildman–Crippen LogP) is 3.99. The van der Waals surface area contributed by atoms with Crippen LogP contribution in [0.1, 0.15) is 18.4 Å². The van der Waals surface area contributed by atoms with Crippen LogP contribution in [-0.4, -0.2) is 34.5 Å². The minimum absolute atomic E-state index is 0.179. The van der Waals surface area contributed by atoms with Gasteiger partial charge in [-0.05, 0) is 42.0 Å². The molecule has 3 rings (SSSR count). The van der Waals surface area contributed by atoms with E-state index in [0.717, 1.165) is 19.2 Å². The maximum Gasteiger partial charge on any atom is 0.309 e. The molecule has 6 nitrogen and oxygen atoms in total. The molecule has 0 unspecified atom stereocenters. The number of ether oxygens (including phenoxy) is 1. The van der Waals surface area contributed by atoms with Gasteiger partial charge in [0.25, 0.3) is 0 Å². The van der Waals surface area contributed by atoms with Gasteiger partial charge in [-0.1, -0.05) is 55.5 Å². The van der Waals surface area contributed by atoms with E-state index in [1.807, 2.05) is 0 Å². The third-order valence-corrected chi connectivity index (χ3v) is 10.6. The molecule has 0 spiro atoms. The minimum atomic E-state index is -4.54. The molecule has 0 aliphatic rings. The van der Waals surface area contributed by atoms with Gasteiger partial charge in [0.05, 0.1) is 22.8 Å². The van der Waals surface area contributed by atoms with Crippen molar-refractivity contribution in [2.24, 2.45) is 5.92 Å². The predicted molar refractivity (Wildman–Crippen MR) is 121 cm³/mol. The highest BCUT2D eigenvalue weighted by molar-refractivity contribution is 8.09. The van der Waals surface area contributed by atoms with Crippen LogP contribution in [-0.2, 0) is 29.2 Å². The Morgan fingerprint density at radius 2 is 1.18 bits per heavy atom. The number of rotatable bonds is 8. The summed E-state index contributed by atoms with van der Waals surface area (Å²) >= 11 is 0. The third kappa shape index (κ3) is 4.99. The molecule has 0 saturated heterocycles. The molecule has 0 amide bonds. The van der Waals surface area contributed by atoms with Crippen molar-refractivity contribution in [2.75, 3.05) is 7.11 Å². The first-order valence-electron chi connectivity index (χ1n) is 10.0. The highest BCUT2D eigenvalue weighted by Gasteiger charge is 2.49. The summed E-state index contributed by atoms with van der Waals surface area (Å²) < 4.78 is 71.8. The first-order chi connectivity index (χ1) is 15.6. The molecular formula is C24H23FO6S2. The lowest BCUT2D eigenvalue weighted by molar-refractivity contribution is -0.145. The molecule has 9 heteroatoms. The number of hydrogen-bond donors (Lipinski definition) is 0. The number of sulfone groups is 2. The lowest BCUT2D eigenvalue weighted by Gasteiger charge is -2.30. The maximum absolute atomic E-state index is 13.8. The highest BCUT2D eigenvalue weighted by Crippen LogP contribution is 2.40. The van der Waals surface area contributed by atoms with Gasteiger partial charge in [-0.25, -0.2) is 21.2 Å². The van der Waals surface area contributed by atoms with Gasteiger partial charge in [0.2, 0.25) is 0 Å². The molecule has 0 aromatic heterocycles. The first-order valence-corrected chi connectivity index (χ1v) is 13.1. The van der Waals surface area contributed by atoms with Gasteiger partial charge in [-0.3, -0.25) is 4.79 Å². The Balaban J connectivity index is 2.36. The number of carbonyl (C=O) groups is 1. The first kappa shape index (κ1) is 24.6. The standard InChI is InChI=1S/C24H23FO6S2/c1-17(23(26)31-2)22(18-13-15-19(25)16-14-18)24(32(27,28)20-9-5-3-6-10-20)33(29,30)21-11-7-4-8-12-21/h3-17,22,24H,1-2H3/t17-,22-/m0/s1. The van der Waals surface area contributed by atoms with Crippen molar-refractivity contribution in [2.45, 2.75) is 27.2 Å². The van der Waals surface area contributed by atoms with Gasteiger partial charge >= 0.3 is 5.97 Å². The number of carbonyl (C=O) groups excluding carboxylic acids is 1. The number of benzene rings is 3. The average molecular weight is 491 g/mol. The van der Waals surface area contributed by atoms with Crippen LogP contribution in [0.2, 0.25) is 0 Å². The van der Waals surface area contributed by atoms with Gasteiger partial charge in [-0.2, -0.15) is 0 Å². The molecule has 3 aromatic rings. The summed E-state index contributed by atoms with van der Waals surface area (Å²) in [4.78, 5) is 12.1. The van der Waals surface area contributed by atoms with E-state index < -0.39 is 47.9 Å². The van der Waals surface area contributed by atoms with E-state index in [2.05, 4.69) is 0 Å². The molecule has 174 valence electrons. The maximum atomic E-state index is 13.8. The largest absolute Gasteiger partial charge is 0.469 e. The monoisotopic (exact) mass is 490 g/mol. The minimum Gasteiger partial charge on any atom is -0.469 e. The Labute approximate surface area is 192 Å². The summed E-state index contributed by atoms with van der Waals surface area (Å²) in [5.74, 6) is -3.94. The normalized spacial score (nSPS) is 13.9. The molecule has 2 atom stereocenters. The van der Waals surface area contributed by atoms with Crippen molar-refractivity contribution in [1.29, 1.82) is 0 Å². The van der Waals surface area contributed by atoms with Crippen LogP contribution in [0.15, 0.2) is 94.7 Å². The van der Waals surface area contributed by atoms with Crippen molar-refractivity contribution in [3.8, 4) is 0 Å². The van der Waals surface area contributed by atoms with Crippen molar-refractivity contribution < 1.29 is 30.8 Å². The Morgan fingerprint density at radius 1 is 0.758 bits per heavy atom. The molecule has 0 N–H and O–H groups in total. The van der Waals surface area contributed by atoms with Crippen LogP contribution >= 0.6 is 0 Å². The number of methoxy groups -OCH3 is 1. The van der Waals surface area contributed by atoms with E-state index in [9.17, 15) is 26.0 Å². The molecule has 0 radical (unpaired) electrons. The van der Waals surface area contributed by atoms with Gasteiger partial charge < -0.3 is 4.74 Å². The zero-order valence-electron chi connectivity index (χ0n) is 18.0. The quantitative estimate of drug-likeness (QED) is 0.443. The smallest absolute Gasteiger partial charge is 0.309 e. The second-order valence-corrected chi connectivity index (χ2v) is 11.9. The Bertz CT molecular complexity index is 1240. The lowest BCUT2D eigenvalue weighted by Crippen LogP contribution is -2.41. The van der Waals surface area contributed by atoms with Crippen molar-refractivity contribution >= 4 is 25.6 Å². The Hall–Kier alpha value is -3.04. The fourth-order valence-electron chi connectivity index (χ4n) is 3.74. The molecule has 0 saturated carbocycles. The van der Waals surface area contributed by atoms with Crippen LogP contribution in [0.3, 0.4) is 0 Å². The van der Waals surface area contributed by atoms with E-state index in [1.165, 1.54) is 67.6 Å². The number of halogens is 1. The zero-order valence-corrected chi connectivity index (χ0v) is 19.6. The summed E-state index contributed by atoms with van der Waals surface area (Å²) in [5.41, 5.74) is 0.179. The van der Waals surface area contributed by atoms with Gasteiger partial charge in [0.15, 0.2) is 24.3 Å². The van der Waals surface area contributed by atoms with E-state index in [-0.39, 0.29) is 15.4 Å². The van der Waals surface area contributed by atoms with Crippen LogP contribution in [0.25, 0.3) is 0 Å². The number of esters is 1. The summed E-state index contributed by atoms with van der Waals surface area (Å²) in [6.45, 7) is 1.40. The van der Waals surface area contributed by atoms with Crippen LogP contribution in [0, 0.1) is 11.7 Å². The summed E-state index contributed by atoms with van der Waals surface area (Å²) in [6.07, 6.45) is 0. The van der Waals surface area contributed by atoms with E-state index in [4.69, 9.17) is 4.74 Å². The van der Waals surface area contributed by atoms with Crippen LogP contribution in [0.4, 0.5) is 4.39 Å². The van der Waals surface area contributed by atoms with Crippen LogP contribution < -0.4 is 0 Å². The molecule has 0 bridgehead atoms. The van der Waals surface area contributed by atoms with E-state index in [1.54, 1.807) is 12.1 Å². The van der Waals surface area contributed by atoms with Gasteiger partial charge in [0.1, 0.15) is 5.82 Å². The topological polar surface area (TPSA) is 94.6 Å². The fourth-order valence-corrected chi connectivity index (χ4v) is 8.91. The van der Waals surface area contributed by atoms with Crippen molar-refractivity contribution in [3.05, 3.63) is 96.3 Å². The zero-order chi connectivity index (χ0) is 24.2. The average Bonchev–Trinajstić information content (AvgIpc) is 2.83. The summed E-state index contributed by atoms with van der Waals surface area (Å²) in [7, 11) is -7.95. The van der Waals surface area contributed by atoms with Crippen molar-refractivity contribution in [1.82, 2.24) is 0 Å². The molecular weight excluding hydrogens is 467 g/mol. The Kier molecular flexibility index (Phi) is 7.34. The summed E-state index contributed by atoms with van der Waals surface area (Å²) in [5, 5.41) is 0. The van der Waals surface area contributed by atoms with E-state index >= 15 is 0 Å². The molecule has 0 fully saturated rings. The molecule has 0 heterocycles. The Morgan fingerprint density at radius 3 is 1.58 bits per heavy atom. The van der Waals surface area contributed by atoms with Crippen LogP contribution in [0.5, 0.6) is 0 Å². The lowest BCUT2D eigenvalue weighted by atomic mass is 9.88. The third-order valence-electron chi connectivity index (χ3n) is 5.41. The molecule has 3 aromatic carbocycles. The van der Waals surface area contributed by atoms with Gasteiger partial charge in [0, 0.05) is 5.92 Å². The summed E-state index contributed by atoms with van der Waals surface area (Å²) in [6, 6.07) is 19.1.